The Hall–Kier alpha value is -0.570. The van der Waals surface area contributed by atoms with Crippen LogP contribution in [0.4, 0.5) is 0 Å². The molecule has 1 aliphatic carbocycles. The van der Waals surface area contributed by atoms with Gasteiger partial charge in [-0.1, -0.05) is 32.6 Å². The Labute approximate surface area is 110 Å². The van der Waals surface area contributed by atoms with E-state index in [-0.39, 0.29) is 11.5 Å². The van der Waals surface area contributed by atoms with Crippen molar-refractivity contribution in [2.24, 2.45) is 11.8 Å². The van der Waals surface area contributed by atoms with Crippen LogP contribution >= 0.6 is 0 Å². The fourth-order valence-corrected chi connectivity index (χ4v) is 3.83. The lowest BCUT2D eigenvalue weighted by atomic mass is 9.71. The van der Waals surface area contributed by atoms with E-state index in [9.17, 15) is 9.90 Å². The summed E-state index contributed by atoms with van der Waals surface area (Å²) in [5, 5.41) is 9.40. The van der Waals surface area contributed by atoms with Crippen LogP contribution < -0.4 is 0 Å². The minimum absolute atomic E-state index is 0.0304. The molecule has 0 amide bonds. The molecule has 0 bridgehead atoms. The maximum Gasteiger partial charge on any atom is 0.306 e. The van der Waals surface area contributed by atoms with Crippen LogP contribution in [0.15, 0.2) is 0 Å². The first-order chi connectivity index (χ1) is 8.67. The Morgan fingerprint density at radius 2 is 2.11 bits per heavy atom. The molecule has 2 atom stereocenters. The molecule has 1 N–H and O–H groups in total. The number of carbonyl (C=O) groups is 1. The molecule has 1 saturated heterocycles. The summed E-state index contributed by atoms with van der Waals surface area (Å²) in [4.78, 5) is 11.4. The van der Waals surface area contributed by atoms with Gasteiger partial charge < -0.3 is 9.84 Å². The number of carboxylic acids is 1. The molecular formula is C15H26O3. The number of aliphatic carboxylic acids is 1. The highest BCUT2D eigenvalue weighted by molar-refractivity contribution is 5.70. The summed E-state index contributed by atoms with van der Waals surface area (Å²) < 4.78 is 6.05. The summed E-state index contributed by atoms with van der Waals surface area (Å²) in [6, 6.07) is 0. The first kappa shape index (κ1) is 13.9. The molecule has 2 unspecified atom stereocenters. The Bertz CT molecular complexity index is 276. The molecule has 0 aromatic heterocycles. The number of ether oxygens (including phenoxy) is 1. The molecule has 2 fully saturated rings. The van der Waals surface area contributed by atoms with Crippen LogP contribution in [0, 0.1) is 11.8 Å². The molecule has 2 aliphatic rings. The largest absolute Gasteiger partial charge is 0.481 e. The highest BCUT2D eigenvalue weighted by Crippen LogP contribution is 2.43. The fraction of sp³-hybridized carbons (Fsp3) is 0.933. The van der Waals surface area contributed by atoms with Gasteiger partial charge in [0.15, 0.2) is 0 Å². The van der Waals surface area contributed by atoms with Crippen LogP contribution in [0.1, 0.15) is 64.7 Å². The van der Waals surface area contributed by atoms with E-state index in [1.165, 1.54) is 19.3 Å². The van der Waals surface area contributed by atoms with E-state index in [0.717, 1.165) is 45.1 Å². The van der Waals surface area contributed by atoms with Gasteiger partial charge >= 0.3 is 5.97 Å². The van der Waals surface area contributed by atoms with Crippen molar-refractivity contribution in [3.05, 3.63) is 0 Å². The molecule has 18 heavy (non-hydrogen) atoms. The first-order valence-electron chi connectivity index (χ1n) is 7.54. The SMILES string of the molecule is CCCC(C(=O)O)C1CCOC2(CCCCC2)C1. The van der Waals surface area contributed by atoms with Crippen molar-refractivity contribution in [3.8, 4) is 0 Å². The van der Waals surface area contributed by atoms with Crippen LogP contribution in [-0.2, 0) is 9.53 Å². The number of hydrogen-bond donors (Lipinski definition) is 1. The molecule has 0 radical (unpaired) electrons. The quantitative estimate of drug-likeness (QED) is 0.833. The van der Waals surface area contributed by atoms with Gasteiger partial charge in [0, 0.05) is 6.61 Å². The maximum absolute atomic E-state index is 11.4. The third-order valence-corrected chi connectivity index (χ3v) is 4.78. The van der Waals surface area contributed by atoms with Crippen LogP contribution in [0.3, 0.4) is 0 Å². The van der Waals surface area contributed by atoms with E-state index < -0.39 is 5.97 Å². The van der Waals surface area contributed by atoms with Crippen LogP contribution in [-0.4, -0.2) is 23.3 Å². The molecule has 1 spiro atoms. The second-order valence-electron chi connectivity index (χ2n) is 6.08. The van der Waals surface area contributed by atoms with Gasteiger partial charge in [-0.2, -0.15) is 0 Å². The molecule has 2 rings (SSSR count). The minimum Gasteiger partial charge on any atom is -0.481 e. The predicted molar refractivity (Wildman–Crippen MR) is 70.5 cm³/mol. The van der Waals surface area contributed by atoms with Gasteiger partial charge in [-0.05, 0) is 38.0 Å². The van der Waals surface area contributed by atoms with Crippen LogP contribution in [0.5, 0.6) is 0 Å². The summed E-state index contributed by atoms with van der Waals surface area (Å²) in [5.41, 5.74) is 0.0304. The van der Waals surface area contributed by atoms with Crippen molar-refractivity contribution in [3.63, 3.8) is 0 Å². The lowest BCUT2D eigenvalue weighted by Crippen LogP contribution is -2.44. The van der Waals surface area contributed by atoms with Crippen molar-refractivity contribution in [1.29, 1.82) is 0 Å². The average Bonchev–Trinajstić information content (AvgIpc) is 2.36. The van der Waals surface area contributed by atoms with E-state index in [1.54, 1.807) is 0 Å². The van der Waals surface area contributed by atoms with E-state index in [4.69, 9.17) is 4.74 Å². The third kappa shape index (κ3) is 3.05. The van der Waals surface area contributed by atoms with Crippen molar-refractivity contribution in [2.45, 2.75) is 70.3 Å². The van der Waals surface area contributed by atoms with Crippen molar-refractivity contribution in [2.75, 3.05) is 6.61 Å². The monoisotopic (exact) mass is 254 g/mol. The Morgan fingerprint density at radius 3 is 2.72 bits per heavy atom. The van der Waals surface area contributed by atoms with E-state index in [1.807, 2.05) is 0 Å². The minimum atomic E-state index is -0.602. The summed E-state index contributed by atoms with van der Waals surface area (Å²) in [6.07, 6.45) is 9.77. The molecule has 3 heteroatoms. The van der Waals surface area contributed by atoms with Crippen molar-refractivity contribution >= 4 is 5.97 Å². The second-order valence-corrected chi connectivity index (χ2v) is 6.08. The fourth-order valence-electron chi connectivity index (χ4n) is 3.83. The van der Waals surface area contributed by atoms with Gasteiger partial charge in [0.05, 0.1) is 11.5 Å². The van der Waals surface area contributed by atoms with Gasteiger partial charge in [-0.25, -0.2) is 0 Å². The number of carboxylic acid groups (broad SMARTS) is 1. The zero-order valence-electron chi connectivity index (χ0n) is 11.5. The molecule has 3 nitrogen and oxygen atoms in total. The highest BCUT2D eigenvalue weighted by atomic mass is 16.5. The molecular weight excluding hydrogens is 228 g/mol. The summed E-state index contributed by atoms with van der Waals surface area (Å²) in [5.74, 6) is -0.429. The van der Waals surface area contributed by atoms with Gasteiger partial charge in [0.2, 0.25) is 0 Å². The highest BCUT2D eigenvalue weighted by Gasteiger charge is 2.42. The molecule has 1 heterocycles. The van der Waals surface area contributed by atoms with Gasteiger partial charge in [0.1, 0.15) is 0 Å². The average molecular weight is 254 g/mol. The zero-order valence-corrected chi connectivity index (χ0v) is 11.5. The summed E-state index contributed by atoms with van der Waals surface area (Å²) in [6.45, 7) is 2.84. The zero-order chi connectivity index (χ0) is 13.0. The van der Waals surface area contributed by atoms with Crippen LogP contribution in [0.25, 0.3) is 0 Å². The topological polar surface area (TPSA) is 46.5 Å². The molecule has 1 saturated carbocycles. The molecule has 0 aromatic rings. The number of hydrogen-bond acceptors (Lipinski definition) is 2. The van der Waals surface area contributed by atoms with E-state index in [2.05, 4.69) is 6.92 Å². The van der Waals surface area contributed by atoms with Crippen LogP contribution in [0.2, 0.25) is 0 Å². The predicted octanol–water partition coefficient (Wildman–Crippen LogP) is 3.62. The summed E-state index contributed by atoms with van der Waals surface area (Å²) >= 11 is 0. The van der Waals surface area contributed by atoms with E-state index >= 15 is 0 Å². The third-order valence-electron chi connectivity index (χ3n) is 4.78. The Kier molecular flexibility index (Phi) is 4.66. The smallest absolute Gasteiger partial charge is 0.306 e. The van der Waals surface area contributed by atoms with Crippen molar-refractivity contribution < 1.29 is 14.6 Å². The molecule has 1 aliphatic heterocycles. The van der Waals surface area contributed by atoms with Crippen molar-refractivity contribution in [1.82, 2.24) is 0 Å². The summed E-state index contributed by atoms with van der Waals surface area (Å²) in [7, 11) is 0. The second kappa shape index (κ2) is 6.05. The van der Waals surface area contributed by atoms with Gasteiger partial charge in [0.25, 0.3) is 0 Å². The Morgan fingerprint density at radius 1 is 1.39 bits per heavy atom. The molecule has 104 valence electrons. The number of rotatable bonds is 4. The van der Waals surface area contributed by atoms with Gasteiger partial charge in [-0.15, -0.1) is 0 Å². The molecule has 0 aromatic carbocycles. The Balaban J connectivity index is 2.02. The lowest BCUT2D eigenvalue weighted by molar-refractivity contribution is -0.153. The normalized spacial score (nSPS) is 29.1. The standard InChI is InChI=1S/C15H26O3/c1-2-6-13(14(16)17)12-7-10-18-15(11-12)8-4-3-5-9-15/h12-13H,2-11H2,1H3,(H,16,17). The first-order valence-corrected chi connectivity index (χ1v) is 7.54. The maximum atomic E-state index is 11.4. The van der Waals surface area contributed by atoms with Gasteiger partial charge in [-0.3, -0.25) is 4.79 Å². The van der Waals surface area contributed by atoms with E-state index in [0.29, 0.717) is 5.92 Å². The lowest BCUT2D eigenvalue weighted by Gasteiger charge is -2.45.